The summed E-state index contributed by atoms with van der Waals surface area (Å²) < 4.78 is 29.9. The fourth-order valence-electron chi connectivity index (χ4n) is 13.0. The summed E-state index contributed by atoms with van der Waals surface area (Å²) in [5.41, 5.74) is 7.38. The van der Waals surface area contributed by atoms with Crippen LogP contribution in [0.5, 0.6) is 0 Å². The van der Waals surface area contributed by atoms with Gasteiger partial charge in [0.05, 0.1) is 67.4 Å². The molecular weight excluding hydrogens is 1250 g/mol. The molecule has 0 bridgehead atoms. The molecule has 4 amide bonds. The summed E-state index contributed by atoms with van der Waals surface area (Å²) in [5, 5.41) is 12.5. The van der Waals surface area contributed by atoms with Crippen LogP contribution in [0.15, 0.2) is 60.7 Å². The van der Waals surface area contributed by atoms with Crippen LogP contribution in [0.25, 0.3) is 0 Å². The van der Waals surface area contributed by atoms with Crippen LogP contribution < -0.4 is 34.9 Å². The fourth-order valence-corrected chi connectivity index (χ4v) is 13.0. The molecule has 4 aromatic rings. The van der Waals surface area contributed by atoms with Crippen molar-refractivity contribution in [2.24, 2.45) is 10.8 Å². The molecule has 2 saturated heterocycles. The number of likely N-dealkylation sites (tertiary alicyclic amines) is 2. The summed E-state index contributed by atoms with van der Waals surface area (Å²) in [6.45, 7) is 25.2. The van der Waals surface area contributed by atoms with Gasteiger partial charge >= 0.3 is 53.7 Å². The first kappa shape index (κ1) is 81.0. The van der Waals surface area contributed by atoms with E-state index in [1.165, 1.54) is 29.3 Å². The van der Waals surface area contributed by atoms with Crippen LogP contribution in [0.1, 0.15) is 188 Å². The Hall–Kier alpha value is -6.68. The molecule has 97 heavy (non-hydrogen) atoms. The van der Waals surface area contributed by atoms with Gasteiger partial charge in [-0.25, -0.2) is 29.0 Å². The normalized spacial score (nSPS) is 20.1. The zero-order valence-electron chi connectivity index (χ0n) is 59.9. The number of amides is 4. The molecule has 0 atom stereocenters. The number of ether oxygens (including phenoxy) is 4. The van der Waals surface area contributed by atoms with E-state index >= 15 is 0 Å². The van der Waals surface area contributed by atoms with Gasteiger partial charge in [-0.2, -0.15) is 10.2 Å². The Bertz CT molecular complexity index is 3200. The van der Waals surface area contributed by atoms with Crippen LogP contribution in [-0.2, 0) is 103 Å². The first-order chi connectivity index (χ1) is 45.5. The van der Waals surface area contributed by atoms with E-state index in [-0.39, 0.29) is 52.6 Å². The number of carbonyl (C=O) groups excluding carboxylic acids is 8. The summed E-state index contributed by atoms with van der Waals surface area (Å²) in [6, 6.07) is 20.5. The second-order valence-electron chi connectivity index (χ2n) is 27.7. The maximum atomic E-state index is 13.6. The van der Waals surface area contributed by atoms with Gasteiger partial charge in [0.25, 0.3) is 0 Å². The van der Waals surface area contributed by atoms with Gasteiger partial charge in [-0.3, -0.25) is 33.4 Å². The molecule has 2 aromatic carbocycles. The Kier molecular flexibility index (Phi) is 31.8. The van der Waals surface area contributed by atoms with E-state index in [2.05, 4.69) is 78.7 Å². The molecule has 10 rings (SSSR count). The number of fused-ring (bicyclic) bond motifs is 2. The number of rotatable bonds is 15. The summed E-state index contributed by atoms with van der Waals surface area (Å²) in [6.07, 6.45) is 9.74. The van der Waals surface area contributed by atoms with Gasteiger partial charge in [-0.15, -0.1) is 0 Å². The largest absolute Gasteiger partial charge is 1.00 e. The quantitative estimate of drug-likeness (QED) is 0.0635. The van der Waals surface area contributed by atoms with Crippen molar-refractivity contribution in [2.75, 3.05) is 80.7 Å². The van der Waals surface area contributed by atoms with E-state index < -0.39 is 29.1 Å². The van der Waals surface area contributed by atoms with Crippen LogP contribution in [0, 0.1) is 10.8 Å². The number of nitrogens with one attached hydrogen (secondary N) is 1. The number of nitrogens with zero attached hydrogens (tertiary/aromatic N) is 9. The van der Waals surface area contributed by atoms with Gasteiger partial charge in [-0.05, 0) is 143 Å². The average molecular weight is 1360 g/mol. The van der Waals surface area contributed by atoms with Crippen molar-refractivity contribution < 1.29 is 101 Å². The van der Waals surface area contributed by atoms with Crippen LogP contribution >= 0.6 is 0 Å². The Labute approximate surface area is 596 Å². The van der Waals surface area contributed by atoms with E-state index in [0.29, 0.717) is 102 Å². The summed E-state index contributed by atoms with van der Waals surface area (Å²) in [4.78, 5) is 109. The van der Waals surface area contributed by atoms with Gasteiger partial charge in [0.2, 0.25) is 17.8 Å². The Morgan fingerprint density at radius 2 is 1.03 bits per heavy atom. The summed E-state index contributed by atoms with van der Waals surface area (Å²) >= 11 is 0. The molecule has 6 aliphatic rings. The minimum absolute atomic E-state index is 0. The molecule has 1 N–H and O–H groups in total. The van der Waals surface area contributed by atoms with Crippen molar-refractivity contribution >= 4 is 56.2 Å². The monoisotopic (exact) mass is 1360 g/mol. The van der Waals surface area contributed by atoms with Crippen molar-refractivity contribution in [1.82, 2.24) is 49.4 Å². The molecule has 0 unspecified atom stereocenters. The van der Waals surface area contributed by atoms with Crippen molar-refractivity contribution in [1.29, 1.82) is 0 Å². The minimum atomic E-state index is -0.639. The molecule has 4 aliphatic heterocycles. The minimum Gasteiger partial charge on any atom is -0.793 e. The Morgan fingerprint density at radius 1 is 0.619 bits per heavy atom. The molecule has 25 nitrogen and oxygen atoms in total. The van der Waals surface area contributed by atoms with E-state index in [9.17, 15) is 38.4 Å². The number of likely N-dealkylation sites (N-methyl/N-ethyl adjacent to an activating group) is 4. The fraction of sp³-hybridized carbons (Fsp3) is 0.629. The topological polar surface area (TPSA) is 265 Å². The molecule has 2 spiro atoms. The van der Waals surface area contributed by atoms with Gasteiger partial charge in [-0.1, -0.05) is 60.7 Å². The zero-order valence-corrected chi connectivity index (χ0v) is 61.9. The third kappa shape index (κ3) is 24.3. The van der Waals surface area contributed by atoms with Crippen LogP contribution in [0.4, 0.5) is 9.59 Å². The predicted octanol–water partition coefficient (Wildman–Crippen LogP) is 5.83. The van der Waals surface area contributed by atoms with Gasteiger partial charge < -0.3 is 56.6 Å². The van der Waals surface area contributed by atoms with Gasteiger partial charge in [0.15, 0.2) is 6.29 Å². The SMILES string of the molecule is CC(=O)OOC(C)=O.CN(CCN(C)C(=O)OC(C)(C)C)Cc1nn2c(c1C1CCC3(CC1)CCN(Cc1ccccc1)C3=O)COCC2.CNCCN(C)C(=O)OC(C)(C)C.O=Cc1nn2c(c1C1CCC3(CC1)CCN(Cc1ccccc1)C3=O)COCC2.[B-]OC(C)=O.[Na+]. The smallest absolute Gasteiger partial charge is 0.793 e. The van der Waals surface area contributed by atoms with Crippen LogP contribution in [0.2, 0.25) is 0 Å². The number of hydrogen-bond acceptors (Lipinski definition) is 19. The molecule has 4 fully saturated rings. The molecule has 27 heteroatoms. The molecule has 2 saturated carbocycles. The molecule has 527 valence electrons. The first-order valence-electron chi connectivity index (χ1n) is 33.4. The summed E-state index contributed by atoms with van der Waals surface area (Å²) in [5.74, 6) is -0.410. The Balaban J connectivity index is 0.000000262. The molecule has 3 radical (unpaired) electrons. The van der Waals surface area contributed by atoms with Gasteiger partial charge in [0, 0.05) is 105 Å². The Morgan fingerprint density at radius 3 is 1.43 bits per heavy atom. The molecule has 6 heterocycles. The third-order valence-corrected chi connectivity index (χ3v) is 17.9. The van der Waals surface area contributed by atoms with Crippen molar-refractivity contribution in [3.05, 3.63) is 106 Å². The summed E-state index contributed by atoms with van der Waals surface area (Å²) in [7, 11) is 11.8. The molecular formula is C70H103BN10NaO15. The molecule has 2 aliphatic carbocycles. The second-order valence-corrected chi connectivity index (χ2v) is 27.7. The van der Waals surface area contributed by atoms with E-state index in [4.69, 9.17) is 24.0 Å². The maximum absolute atomic E-state index is 13.6. The number of aldehydes is 1. The van der Waals surface area contributed by atoms with Crippen molar-refractivity contribution in [3.63, 3.8) is 0 Å². The van der Waals surface area contributed by atoms with Crippen molar-refractivity contribution in [2.45, 2.75) is 195 Å². The second kappa shape index (κ2) is 38.1. The number of carbonyl (C=O) groups is 8. The maximum Gasteiger partial charge on any atom is 1.00 e. The number of hydrogen-bond donors (Lipinski definition) is 1. The van der Waals surface area contributed by atoms with Crippen LogP contribution in [-0.4, -0.2) is 192 Å². The van der Waals surface area contributed by atoms with Crippen LogP contribution in [0.3, 0.4) is 0 Å². The average Bonchev–Trinajstić information content (AvgIpc) is 1.64. The van der Waals surface area contributed by atoms with Crippen molar-refractivity contribution in [3.8, 4) is 0 Å². The molecule has 2 aromatic heterocycles. The first-order valence-corrected chi connectivity index (χ1v) is 33.4. The van der Waals surface area contributed by atoms with E-state index in [1.807, 2.05) is 94.6 Å². The standard InChI is InChI=1S/C32H47N5O4.C23H27N3O3.C9H20N2O2.C4H6O4.C2H3BO2.Na/c1-31(2,3)41-30(39)35(5)18-17-34(4)22-26-28(27-23-40-20-19-37(27)33-26)25-11-13-32(14-12-25)15-16-36(29(32)38)21-24-9-7-6-8-10-24;27-15-19-21(20-16-29-13-12-26(20)24-19)18-6-8-23(9-7-18)10-11-25(22(23)28)14-17-4-2-1-3-5-17;1-9(2,3)13-8(12)11(5)7-6-10-4;1-3(5)7-8-4(2)6;1-2(4)5-3;/h6-10,25H,11-23H2,1-5H3;1-5,15,18H,6-14,16H2;10H,6-7H2,1-5H3;1-2H3;1H3;/q;;;;-1;+1. The number of benzene rings is 2. The van der Waals surface area contributed by atoms with E-state index in [1.54, 1.807) is 23.9 Å². The third-order valence-electron chi connectivity index (χ3n) is 17.9. The van der Waals surface area contributed by atoms with E-state index in [0.717, 1.165) is 127 Å². The zero-order chi connectivity index (χ0) is 70.4. The van der Waals surface area contributed by atoms with Gasteiger partial charge in [0.1, 0.15) is 16.9 Å². The predicted molar refractivity (Wildman–Crippen MR) is 358 cm³/mol. The number of aromatic nitrogens is 4.